The first-order valence-electron chi connectivity index (χ1n) is 11.0. The van der Waals surface area contributed by atoms with Gasteiger partial charge in [0.15, 0.2) is 5.65 Å². The third-order valence-electron chi connectivity index (χ3n) is 6.68. The van der Waals surface area contributed by atoms with E-state index >= 15 is 0 Å². The molecule has 0 saturated carbocycles. The molecule has 0 radical (unpaired) electrons. The monoisotopic (exact) mass is 473 g/mol. The largest absolute Gasteiger partial charge is 0.491 e. The van der Waals surface area contributed by atoms with Gasteiger partial charge in [0.05, 0.1) is 41.7 Å². The van der Waals surface area contributed by atoms with Crippen LogP contribution in [0, 0.1) is 5.82 Å². The number of ether oxygens (including phenoxy) is 1. The van der Waals surface area contributed by atoms with E-state index in [-0.39, 0.29) is 30.3 Å². The van der Waals surface area contributed by atoms with Crippen molar-refractivity contribution in [3.05, 3.63) is 58.3 Å². The van der Waals surface area contributed by atoms with Gasteiger partial charge >= 0.3 is 0 Å². The summed E-state index contributed by atoms with van der Waals surface area (Å²) < 4.78 is 21.6. The average molecular weight is 474 g/mol. The van der Waals surface area contributed by atoms with Crippen LogP contribution >= 0.6 is 11.6 Å². The van der Waals surface area contributed by atoms with Gasteiger partial charge in [0, 0.05) is 29.9 Å². The Morgan fingerprint density at radius 3 is 2.94 bits per heavy atom. The van der Waals surface area contributed by atoms with Gasteiger partial charge in [-0.2, -0.15) is 5.10 Å². The van der Waals surface area contributed by atoms with Crippen LogP contribution in [0.1, 0.15) is 41.4 Å². The molecule has 5 rings (SSSR count). The number of rotatable bonds is 5. The van der Waals surface area contributed by atoms with E-state index in [1.807, 2.05) is 14.0 Å². The molecule has 33 heavy (non-hydrogen) atoms. The van der Waals surface area contributed by atoms with Crippen LogP contribution in [-0.4, -0.2) is 67.3 Å². The highest BCUT2D eigenvalue weighted by Gasteiger charge is 2.37. The fourth-order valence-corrected chi connectivity index (χ4v) is 5.05. The summed E-state index contributed by atoms with van der Waals surface area (Å²) in [5.74, 6) is -0.538. The maximum absolute atomic E-state index is 14.0. The molecule has 2 aromatic heterocycles. The molecule has 2 unspecified atom stereocenters. The summed E-state index contributed by atoms with van der Waals surface area (Å²) >= 11 is 5.99. The van der Waals surface area contributed by atoms with E-state index in [1.165, 1.54) is 18.2 Å². The number of likely N-dealkylation sites (N-methyl/N-ethyl adjacent to an activating group) is 1. The lowest BCUT2D eigenvalue weighted by molar-refractivity contribution is 0.0743. The van der Waals surface area contributed by atoms with Gasteiger partial charge in [-0.3, -0.25) is 9.69 Å². The molecule has 174 valence electrons. The number of fused-ring (bicyclic) bond motifs is 3. The maximum Gasteiger partial charge on any atom is 0.258 e. The van der Waals surface area contributed by atoms with Crippen molar-refractivity contribution < 1.29 is 19.0 Å². The number of carbonyl (C=O) groups is 1. The van der Waals surface area contributed by atoms with Crippen molar-refractivity contribution in [1.29, 1.82) is 0 Å². The van der Waals surface area contributed by atoms with Gasteiger partial charge in [0.2, 0.25) is 0 Å². The third-order valence-corrected chi connectivity index (χ3v) is 6.87. The van der Waals surface area contributed by atoms with Crippen LogP contribution in [0.5, 0.6) is 5.75 Å². The van der Waals surface area contributed by atoms with Crippen LogP contribution in [0.4, 0.5) is 4.39 Å². The molecule has 0 spiro atoms. The second-order valence-electron chi connectivity index (χ2n) is 8.68. The smallest absolute Gasteiger partial charge is 0.258 e. The zero-order valence-corrected chi connectivity index (χ0v) is 19.2. The molecule has 1 saturated heterocycles. The average Bonchev–Trinajstić information content (AvgIpc) is 3.42. The van der Waals surface area contributed by atoms with Gasteiger partial charge in [-0.15, -0.1) is 0 Å². The highest BCUT2D eigenvalue weighted by Crippen LogP contribution is 2.31. The summed E-state index contributed by atoms with van der Waals surface area (Å²) in [6.07, 6.45) is 4.22. The molecule has 1 amide bonds. The van der Waals surface area contributed by atoms with Crippen molar-refractivity contribution in [2.75, 3.05) is 13.7 Å². The number of aliphatic hydroxyl groups is 1. The second kappa shape index (κ2) is 8.55. The number of likely N-dealkylation sites (tertiary alicyclic amines) is 1. The molecule has 2 aliphatic heterocycles. The molecule has 3 aromatic rings. The summed E-state index contributed by atoms with van der Waals surface area (Å²) in [4.78, 5) is 21.4. The highest BCUT2D eigenvalue weighted by molar-refractivity contribution is 6.30. The van der Waals surface area contributed by atoms with Crippen LogP contribution in [-0.2, 0) is 13.1 Å². The van der Waals surface area contributed by atoms with E-state index in [4.69, 9.17) is 16.3 Å². The number of aromatic nitrogens is 3. The van der Waals surface area contributed by atoms with Crippen LogP contribution in [0.15, 0.2) is 30.6 Å². The van der Waals surface area contributed by atoms with Gasteiger partial charge in [0.1, 0.15) is 18.2 Å². The molecule has 3 atom stereocenters. The standard InChI is InChI=1S/C23H25ClFN5O3/c1-3-19-20(31)7-15(28(19)2)12-33-21-6-14(25)4-5-16(21)23(32)29-10-17-18(11-29)27-30-9-13(24)8-26-22(17)30/h4-6,8-9,15,19-20,31H,3,7,10-12H2,1-2H3/t15?,19?,20-/m0/s1. The molecule has 1 fully saturated rings. The molecule has 1 aromatic carbocycles. The fraction of sp³-hybridized carbons (Fsp3) is 0.435. The Bertz CT molecular complexity index is 1220. The predicted octanol–water partition coefficient (Wildman–Crippen LogP) is 2.90. The SMILES string of the molecule is CCC1[C@@H](O)CC(COc2cc(F)ccc2C(=O)N2Cc3nn4cc(Cl)cnc4c3C2)N1C. The van der Waals surface area contributed by atoms with Gasteiger partial charge in [-0.25, -0.2) is 13.9 Å². The Balaban J connectivity index is 1.33. The van der Waals surface area contributed by atoms with Crippen molar-refractivity contribution >= 4 is 23.2 Å². The molecule has 4 heterocycles. The van der Waals surface area contributed by atoms with Crippen LogP contribution in [0.3, 0.4) is 0 Å². The Kier molecular flexibility index (Phi) is 5.72. The van der Waals surface area contributed by atoms with Gasteiger partial charge in [0.25, 0.3) is 5.91 Å². The summed E-state index contributed by atoms with van der Waals surface area (Å²) in [6.45, 7) is 2.96. The second-order valence-corrected chi connectivity index (χ2v) is 9.11. The van der Waals surface area contributed by atoms with E-state index < -0.39 is 11.9 Å². The first-order valence-corrected chi connectivity index (χ1v) is 11.4. The number of benzene rings is 1. The normalized spacial score (nSPS) is 22.8. The lowest BCUT2D eigenvalue weighted by Crippen LogP contribution is -2.37. The summed E-state index contributed by atoms with van der Waals surface area (Å²) in [5, 5.41) is 15.2. The molecule has 8 nitrogen and oxygen atoms in total. The molecule has 10 heteroatoms. The van der Waals surface area contributed by atoms with E-state index in [1.54, 1.807) is 21.8 Å². The molecular weight excluding hydrogens is 449 g/mol. The van der Waals surface area contributed by atoms with Crippen molar-refractivity contribution in [3.8, 4) is 5.75 Å². The highest BCUT2D eigenvalue weighted by atomic mass is 35.5. The topological polar surface area (TPSA) is 83.2 Å². The van der Waals surface area contributed by atoms with Crippen molar-refractivity contribution in [2.45, 2.75) is 51.0 Å². The Morgan fingerprint density at radius 1 is 1.36 bits per heavy atom. The lowest BCUT2D eigenvalue weighted by atomic mass is 10.1. The van der Waals surface area contributed by atoms with Crippen molar-refractivity contribution in [1.82, 2.24) is 24.4 Å². The van der Waals surface area contributed by atoms with Gasteiger partial charge in [-0.1, -0.05) is 18.5 Å². The first-order chi connectivity index (χ1) is 15.9. The zero-order valence-electron chi connectivity index (χ0n) is 18.4. The molecule has 2 aliphatic rings. The first kappa shape index (κ1) is 22.1. The fourth-order valence-electron chi connectivity index (χ4n) is 4.90. The Hall–Kier alpha value is -2.75. The van der Waals surface area contributed by atoms with E-state index in [9.17, 15) is 14.3 Å². The summed E-state index contributed by atoms with van der Waals surface area (Å²) in [7, 11) is 1.95. The van der Waals surface area contributed by atoms with Gasteiger partial charge < -0.3 is 14.7 Å². The minimum absolute atomic E-state index is 0.0151. The van der Waals surface area contributed by atoms with E-state index in [0.29, 0.717) is 35.7 Å². The molecule has 1 N–H and O–H groups in total. The number of halogens is 2. The molecule has 0 aliphatic carbocycles. The maximum atomic E-state index is 14.0. The van der Waals surface area contributed by atoms with Crippen molar-refractivity contribution in [3.63, 3.8) is 0 Å². The number of aliphatic hydroxyl groups excluding tert-OH is 1. The minimum Gasteiger partial charge on any atom is -0.491 e. The number of hydrogen-bond acceptors (Lipinski definition) is 6. The van der Waals surface area contributed by atoms with Crippen molar-refractivity contribution in [2.24, 2.45) is 0 Å². The number of carbonyl (C=O) groups excluding carboxylic acids is 1. The Labute approximate surface area is 195 Å². The number of amides is 1. The predicted molar refractivity (Wildman–Crippen MR) is 120 cm³/mol. The molecule has 0 bridgehead atoms. The van der Waals surface area contributed by atoms with E-state index in [0.717, 1.165) is 17.7 Å². The lowest BCUT2D eigenvalue weighted by Gasteiger charge is -2.26. The molecular formula is C23H25ClFN5O3. The summed E-state index contributed by atoms with van der Waals surface area (Å²) in [6, 6.07) is 4.01. The number of nitrogens with zero attached hydrogens (tertiary/aromatic N) is 5. The van der Waals surface area contributed by atoms with E-state index in [2.05, 4.69) is 15.0 Å². The van der Waals surface area contributed by atoms with Gasteiger partial charge in [-0.05, 0) is 32.0 Å². The quantitative estimate of drug-likeness (QED) is 0.613. The van der Waals surface area contributed by atoms with Crippen LogP contribution in [0.25, 0.3) is 5.65 Å². The van der Waals surface area contributed by atoms with Crippen LogP contribution in [0.2, 0.25) is 5.02 Å². The summed E-state index contributed by atoms with van der Waals surface area (Å²) in [5.41, 5.74) is 2.59. The van der Waals surface area contributed by atoms with Crippen LogP contribution < -0.4 is 4.74 Å². The number of hydrogen-bond donors (Lipinski definition) is 1. The Morgan fingerprint density at radius 2 is 2.18 bits per heavy atom. The zero-order chi connectivity index (χ0) is 23.3. The minimum atomic E-state index is -0.476. The third kappa shape index (κ3) is 3.94.